The van der Waals surface area contributed by atoms with Crippen molar-refractivity contribution in [3.8, 4) is 0 Å². The van der Waals surface area contributed by atoms with Gasteiger partial charge in [-0.2, -0.15) is 0 Å². The first-order chi connectivity index (χ1) is 20.9. The molecule has 8 saturated carbocycles. The van der Waals surface area contributed by atoms with Gasteiger partial charge in [0.1, 0.15) is 18.0 Å². The lowest BCUT2D eigenvalue weighted by atomic mass is 9.45. The Morgan fingerprint density at radius 3 is 1.95 bits per heavy atom. The van der Waals surface area contributed by atoms with Crippen molar-refractivity contribution in [2.24, 2.45) is 64.6 Å². The van der Waals surface area contributed by atoms with E-state index in [1.54, 1.807) is 0 Å². The molecule has 42 heavy (non-hydrogen) atoms. The molecule has 0 aromatic heterocycles. The van der Waals surface area contributed by atoms with Gasteiger partial charge in [0.2, 0.25) is 0 Å². The maximum Gasteiger partial charge on any atom is 0.146 e. The van der Waals surface area contributed by atoms with Crippen molar-refractivity contribution < 1.29 is 28.4 Å². The minimum Gasteiger partial charge on any atom is -0.377 e. The van der Waals surface area contributed by atoms with Crippen LogP contribution in [-0.2, 0) is 28.4 Å². The highest BCUT2D eigenvalue weighted by Gasteiger charge is 2.99. The predicted octanol–water partition coefficient (Wildman–Crippen LogP) is 6.25. The van der Waals surface area contributed by atoms with Crippen molar-refractivity contribution in [2.45, 2.75) is 101 Å². The Kier molecular flexibility index (Phi) is 7.30. The highest BCUT2D eigenvalue weighted by molar-refractivity contribution is 5.47. The van der Waals surface area contributed by atoms with Gasteiger partial charge in [-0.3, -0.25) is 0 Å². The molecule has 1 heterocycles. The Morgan fingerprint density at radius 2 is 1.10 bits per heavy atom. The van der Waals surface area contributed by atoms with Crippen LogP contribution in [0, 0.1) is 64.6 Å². The first kappa shape index (κ1) is 28.0. The standard InChI is InChI=1S/C36H56O6/c1-2-8-25-24(7-1)26-13-14-30-33(32(25)26)35(30)36(31-12-5-11-29-27-9-3-4-10-28(27)34(29,31)36)42-22-21-38-18-17-37-19-20-40-23-39-15-6-16-41-35/h24-33H,1-23H2. The lowest BCUT2D eigenvalue weighted by Gasteiger charge is -2.60. The number of fused-ring (bicyclic) bond motifs is 12. The monoisotopic (exact) mass is 584 g/mol. The van der Waals surface area contributed by atoms with Crippen molar-refractivity contribution in [2.75, 3.05) is 59.6 Å². The first-order valence-electron chi connectivity index (χ1n) is 18.5. The van der Waals surface area contributed by atoms with Gasteiger partial charge in [0.15, 0.2) is 0 Å². The van der Waals surface area contributed by atoms with E-state index in [9.17, 15) is 0 Å². The van der Waals surface area contributed by atoms with E-state index >= 15 is 0 Å². The van der Waals surface area contributed by atoms with Crippen molar-refractivity contribution >= 4 is 0 Å². The molecule has 1 aliphatic heterocycles. The molecule has 3 spiro atoms. The van der Waals surface area contributed by atoms with Gasteiger partial charge < -0.3 is 28.4 Å². The third-order valence-corrected chi connectivity index (χ3v) is 15.0. The zero-order valence-corrected chi connectivity index (χ0v) is 26.0. The zero-order chi connectivity index (χ0) is 27.8. The Labute approximate surface area is 253 Å². The Balaban J connectivity index is 1.06. The summed E-state index contributed by atoms with van der Waals surface area (Å²) in [5, 5.41) is 0. The second kappa shape index (κ2) is 10.9. The van der Waals surface area contributed by atoms with Crippen molar-refractivity contribution in [3.05, 3.63) is 0 Å². The number of hydrogen-bond acceptors (Lipinski definition) is 6. The molecule has 0 amide bonds. The van der Waals surface area contributed by atoms with Crippen molar-refractivity contribution in [1.29, 1.82) is 0 Å². The molecule has 9 aliphatic rings. The molecule has 13 atom stereocenters. The van der Waals surface area contributed by atoms with Crippen LogP contribution in [0.1, 0.15) is 89.9 Å². The minimum atomic E-state index is -0.0844. The fourth-order valence-electron chi connectivity index (χ4n) is 14.3. The van der Waals surface area contributed by atoms with Gasteiger partial charge in [0, 0.05) is 23.9 Å². The fourth-order valence-corrected chi connectivity index (χ4v) is 14.3. The lowest BCUT2D eigenvalue weighted by molar-refractivity contribution is -0.209. The third-order valence-electron chi connectivity index (χ3n) is 15.0. The van der Waals surface area contributed by atoms with Gasteiger partial charge in [0.05, 0.1) is 46.2 Å². The highest BCUT2D eigenvalue weighted by atomic mass is 16.7. The van der Waals surface area contributed by atoms with Crippen LogP contribution < -0.4 is 0 Å². The van der Waals surface area contributed by atoms with Crippen LogP contribution in [0.3, 0.4) is 0 Å². The van der Waals surface area contributed by atoms with Crippen LogP contribution >= 0.6 is 0 Å². The molecule has 1 saturated heterocycles. The first-order valence-corrected chi connectivity index (χ1v) is 18.5. The summed E-state index contributed by atoms with van der Waals surface area (Å²) >= 11 is 0. The molecular weight excluding hydrogens is 528 g/mol. The summed E-state index contributed by atoms with van der Waals surface area (Å²) in [7, 11) is 0. The molecule has 9 rings (SSSR count). The van der Waals surface area contributed by atoms with Gasteiger partial charge in [-0.1, -0.05) is 32.1 Å². The highest BCUT2D eigenvalue weighted by Crippen LogP contribution is 2.94. The van der Waals surface area contributed by atoms with Crippen molar-refractivity contribution in [3.63, 3.8) is 0 Å². The van der Waals surface area contributed by atoms with Gasteiger partial charge in [-0.25, -0.2) is 0 Å². The fraction of sp³-hybridized carbons (Fsp3) is 1.00. The van der Waals surface area contributed by atoms with E-state index in [0.29, 0.717) is 70.3 Å². The van der Waals surface area contributed by atoms with Crippen LogP contribution in [0.4, 0.5) is 0 Å². The summed E-state index contributed by atoms with van der Waals surface area (Å²) in [5.41, 5.74) is 0.224. The summed E-state index contributed by atoms with van der Waals surface area (Å²) in [5.74, 6) is 8.67. The number of ether oxygens (including phenoxy) is 6. The normalized spacial score (nSPS) is 56.0. The molecule has 0 bridgehead atoms. The molecule has 0 aromatic rings. The largest absolute Gasteiger partial charge is 0.377 e. The van der Waals surface area contributed by atoms with Gasteiger partial charge >= 0.3 is 0 Å². The third kappa shape index (κ3) is 3.66. The molecule has 9 fully saturated rings. The molecular formula is C36H56O6. The second-order valence-electron chi connectivity index (χ2n) is 15.9. The second-order valence-corrected chi connectivity index (χ2v) is 15.9. The summed E-state index contributed by atoms with van der Waals surface area (Å²) in [6, 6.07) is 0. The van der Waals surface area contributed by atoms with E-state index in [-0.39, 0.29) is 11.2 Å². The van der Waals surface area contributed by atoms with Crippen LogP contribution in [0.25, 0.3) is 0 Å². The summed E-state index contributed by atoms with van der Waals surface area (Å²) in [4.78, 5) is 0. The molecule has 236 valence electrons. The van der Waals surface area contributed by atoms with E-state index in [0.717, 1.165) is 60.4 Å². The van der Waals surface area contributed by atoms with Crippen molar-refractivity contribution in [1.82, 2.24) is 0 Å². The van der Waals surface area contributed by atoms with Crippen LogP contribution in [-0.4, -0.2) is 70.9 Å². The number of rotatable bonds is 0. The maximum absolute atomic E-state index is 7.58. The van der Waals surface area contributed by atoms with E-state index < -0.39 is 0 Å². The van der Waals surface area contributed by atoms with Gasteiger partial charge in [-0.15, -0.1) is 0 Å². The summed E-state index contributed by atoms with van der Waals surface area (Å²) < 4.78 is 38.5. The van der Waals surface area contributed by atoms with E-state index in [1.807, 2.05) is 0 Å². The number of hydrogen-bond donors (Lipinski definition) is 0. The smallest absolute Gasteiger partial charge is 0.146 e. The van der Waals surface area contributed by atoms with Crippen LogP contribution in [0.15, 0.2) is 0 Å². The molecule has 0 N–H and O–H groups in total. The molecule has 0 aromatic carbocycles. The lowest BCUT2D eigenvalue weighted by Crippen LogP contribution is -2.60. The Morgan fingerprint density at radius 1 is 0.429 bits per heavy atom. The van der Waals surface area contributed by atoms with Crippen LogP contribution in [0.2, 0.25) is 0 Å². The molecule has 6 heteroatoms. The zero-order valence-electron chi connectivity index (χ0n) is 26.0. The summed E-state index contributed by atoms with van der Waals surface area (Å²) in [6.07, 6.45) is 19.6. The van der Waals surface area contributed by atoms with Crippen LogP contribution in [0.5, 0.6) is 0 Å². The quantitative estimate of drug-likeness (QED) is 0.335. The Bertz CT molecular complexity index is 972. The van der Waals surface area contributed by atoms with E-state index in [2.05, 4.69) is 0 Å². The van der Waals surface area contributed by atoms with Gasteiger partial charge in [-0.05, 0) is 105 Å². The van der Waals surface area contributed by atoms with E-state index in [1.165, 1.54) is 83.5 Å². The molecule has 8 aliphatic carbocycles. The molecule has 13 unspecified atom stereocenters. The summed E-state index contributed by atoms with van der Waals surface area (Å²) in [6.45, 7) is 5.58. The minimum absolute atomic E-state index is 0.0739. The predicted molar refractivity (Wildman–Crippen MR) is 158 cm³/mol. The maximum atomic E-state index is 7.58. The molecule has 6 nitrogen and oxygen atoms in total. The van der Waals surface area contributed by atoms with Gasteiger partial charge in [0.25, 0.3) is 0 Å². The SMILES string of the molecule is C1COCOCCOCCOCCOC2(C3CCCC4C5CCCCC5C432)C2(OC1)C1CCC3C4CCCCC4C3C12. The van der Waals surface area contributed by atoms with E-state index in [4.69, 9.17) is 28.4 Å². The Hall–Kier alpha value is -0.240. The molecule has 0 radical (unpaired) electrons. The average molecular weight is 585 g/mol. The average Bonchev–Trinajstić information content (AvgIpc) is 3.87. The topological polar surface area (TPSA) is 55.4 Å².